The van der Waals surface area contributed by atoms with Crippen LogP contribution in [0, 0.1) is 0 Å². The highest BCUT2D eigenvalue weighted by Crippen LogP contribution is 2.19. The first-order valence-corrected chi connectivity index (χ1v) is 3.32. The lowest BCUT2D eigenvalue weighted by molar-refractivity contribution is 0.414. The van der Waals surface area contributed by atoms with E-state index < -0.39 is 0 Å². The number of aromatic nitrogens is 1. The fourth-order valence-corrected chi connectivity index (χ4v) is 0.864. The molecule has 0 aliphatic heterocycles. The van der Waals surface area contributed by atoms with Crippen LogP contribution in [0.25, 0.3) is 0 Å². The van der Waals surface area contributed by atoms with Gasteiger partial charge < -0.3 is 10.2 Å². The quantitative estimate of drug-likeness (QED) is 0.399. The van der Waals surface area contributed by atoms with E-state index in [9.17, 15) is 0 Å². The summed E-state index contributed by atoms with van der Waals surface area (Å²) in [5.41, 5.74) is 2.37. The Hall–Kier alpha value is -1.00. The number of anilines is 1. The zero-order valence-corrected chi connectivity index (χ0v) is 6.72. The van der Waals surface area contributed by atoms with Crippen LogP contribution in [0.2, 0.25) is 5.15 Å². The molecule has 1 aromatic rings. The molecule has 5 heteroatoms. The first-order chi connectivity index (χ1) is 5.26. The summed E-state index contributed by atoms with van der Waals surface area (Å²) in [5.74, 6) is 6.22. The van der Waals surface area contributed by atoms with E-state index in [-0.39, 0.29) is 0 Å². The van der Waals surface area contributed by atoms with Crippen molar-refractivity contribution in [1.82, 2.24) is 4.98 Å². The molecular weight excluding hydrogens is 166 g/mol. The zero-order valence-electron chi connectivity index (χ0n) is 5.97. The van der Waals surface area contributed by atoms with Crippen LogP contribution >= 0.6 is 11.6 Å². The van der Waals surface area contributed by atoms with E-state index in [1.54, 1.807) is 19.2 Å². The Bertz CT molecular complexity index is 231. The average Bonchev–Trinajstić information content (AvgIpc) is 2.03. The molecule has 0 saturated heterocycles. The van der Waals surface area contributed by atoms with Crippen LogP contribution in [-0.2, 0) is 0 Å². The van der Waals surface area contributed by atoms with Crippen molar-refractivity contribution >= 4 is 17.4 Å². The van der Waals surface area contributed by atoms with E-state index in [2.05, 4.69) is 10.4 Å². The fraction of sp³-hybridized carbons (Fsp3) is 0.167. The Morgan fingerprint density at radius 1 is 1.64 bits per heavy atom. The van der Waals surface area contributed by atoms with E-state index in [1.807, 2.05) is 0 Å². The lowest BCUT2D eigenvalue weighted by Crippen LogP contribution is -2.08. The minimum Gasteiger partial charge on any atom is -0.497 e. The molecule has 0 aromatic carbocycles. The summed E-state index contributed by atoms with van der Waals surface area (Å²) >= 11 is 5.62. The van der Waals surface area contributed by atoms with Gasteiger partial charge in [0.25, 0.3) is 0 Å². The minimum absolute atomic E-state index is 0.345. The van der Waals surface area contributed by atoms with Gasteiger partial charge in [0.2, 0.25) is 0 Å². The summed E-state index contributed by atoms with van der Waals surface area (Å²) in [5, 5.41) is 0.345. The van der Waals surface area contributed by atoms with Crippen molar-refractivity contribution in [3.8, 4) is 5.75 Å². The minimum atomic E-state index is 0.345. The molecular formula is C6H8ClN3O. The van der Waals surface area contributed by atoms with Gasteiger partial charge in [-0.1, -0.05) is 11.6 Å². The molecule has 0 fully saturated rings. The maximum absolute atomic E-state index is 5.62. The molecule has 0 bridgehead atoms. The second-order valence-electron chi connectivity index (χ2n) is 1.86. The van der Waals surface area contributed by atoms with Gasteiger partial charge in [0.1, 0.15) is 16.7 Å². The van der Waals surface area contributed by atoms with Crippen molar-refractivity contribution in [3.05, 3.63) is 17.3 Å². The van der Waals surface area contributed by atoms with E-state index in [4.69, 9.17) is 22.2 Å². The lowest BCUT2D eigenvalue weighted by atomic mass is 10.4. The summed E-state index contributed by atoms with van der Waals surface area (Å²) in [7, 11) is 1.55. The predicted octanol–water partition coefficient (Wildman–Crippen LogP) is 1.03. The van der Waals surface area contributed by atoms with E-state index >= 15 is 0 Å². The van der Waals surface area contributed by atoms with Crippen LogP contribution in [0.1, 0.15) is 0 Å². The molecule has 1 aromatic heterocycles. The summed E-state index contributed by atoms with van der Waals surface area (Å²) in [6.07, 6.45) is 0. The van der Waals surface area contributed by atoms with Gasteiger partial charge in [-0.15, -0.1) is 0 Å². The van der Waals surface area contributed by atoms with Crippen LogP contribution in [0.3, 0.4) is 0 Å². The third-order valence-electron chi connectivity index (χ3n) is 1.15. The number of nitrogens with two attached hydrogens (primary N) is 1. The standard InChI is InChI=1S/C6H8ClN3O/c1-11-4-2-5(7)9-6(3-4)10-8/h2-3H,8H2,1H3,(H,9,10). The third kappa shape index (κ3) is 1.96. The highest BCUT2D eigenvalue weighted by atomic mass is 35.5. The Kier molecular flexibility index (Phi) is 2.51. The molecule has 0 saturated carbocycles. The van der Waals surface area contributed by atoms with Gasteiger partial charge in [0.05, 0.1) is 7.11 Å². The fourth-order valence-electron chi connectivity index (χ4n) is 0.665. The number of nitrogen functional groups attached to an aromatic ring is 1. The van der Waals surface area contributed by atoms with Crippen molar-refractivity contribution < 1.29 is 4.74 Å². The van der Waals surface area contributed by atoms with Gasteiger partial charge in [-0.05, 0) is 0 Å². The van der Waals surface area contributed by atoms with Crippen molar-refractivity contribution in [1.29, 1.82) is 0 Å². The van der Waals surface area contributed by atoms with Crippen molar-refractivity contribution in [2.75, 3.05) is 12.5 Å². The molecule has 0 aliphatic rings. The maximum Gasteiger partial charge on any atom is 0.145 e. The number of hydrazine groups is 1. The predicted molar refractivity (Wildman–Crippen MR) is 43.6 cm³/mol. The number of pyridine rings is 1. The summed E-state index contributed by atoms with van der Waals surface area (Å²) < 4.78 is 4.92. The highest BCUT2D eigenvalue weighted by Gasteiger charge is 1.98. The van der Waals surface area contributed by atoms with E-state index in [0.717, 1.165) is 0 Å². The molecule has 0 unspecified atom stereocenters. The van der Waals surface area contributed by atoms with Gasteiger partial charge in [0, 0.05) is 12.1 Å². The smallest absolute Gasteiger partial charge is 0.145 e. The van der Waals surface area contributed by atoms with Crippen molar-refractivity contribution in [2.45, 2.75) is 0 Å². The van der Waals surface area contributed by atoms with Crippen LogP contribution < -0.4 is 16.0 Å². The Labute approximate surface area is 69.3 Å². The molecule has 1 rings (SSSR count). The van der Waals surface area contributed by atoms with Crippen LogP contribution in [0.5, 0.6) is 5.75 Å². The maximum atomic E-state index is 5.62. The Morgan fingerprint density at radius 2 is 2.36 bits per heavy atom. The molecule has 3 N–H and O–H groups in total. The monoisotopic (exact) mass is 173 g/mol. The van der Waals surface area contributed by atoms with Crippen LogP contribution in [0.15, 0.2) is 12.1 Å². The van der Waals surface area contributed by atoms with Crippen LogP contribution in [0.4, 0.5) is 5.82 Å². The number of methoxy groups -OCH3 is 1. The summed E-state index contributed by atoms with van der Waals surface area (Å²) in [6, 6.07) is 3.24. The van der Waals surface area contributed by atoms with Gasteiger partial charge in [-0.3, -0.25) is 0 Å². The van der Waals surface area contributed by atoms with Gasteiger partial charge >= 0.3 is 0 Å². The topological polar surface area (TPSA) is 60.2 Å². The number of rotatable bonds is 2. The lowest BCUT2D eigenvalue weighted by Gasteiger charge is -2.02. The second kappa shape index (κ2) is 3.41. The summed E-state index contributed by atoms with van der Waals surface area (Å²) in [4.78, 5) is 3.85. The zero-order chi connectivity index (χ0) is 8.27. The SMILES string of the molecule is COc1cc(Cl)nc(NN)c1. The molecule has 0 amide bonds. The molecule has 11 heavy (non-hydrogen) atoms. The molecule has 0 aliphatic carbocycles. The Morgan fingerprint density at radius 3 is 2.91 bits per heavy atom. The first-order valence-electron chi connectivity index (χ1n) is 2.94. The number of hydrogen-bond acceptors (Lipinski definition) is 4. The number of halogens is 1. The third-order valence-corrected chi connectivity index (χ3v) is 1.34. The van der Waals surface area contributed by atoms with E-state index in [0.29, 0.717) is 16.7 Å². The van der Waals surface area contributed by atoms with Crippen LogP contribution in [-0.4, -0.2) is 12.1 Å². The largest absolute Gasteiger partial charge is 0.497 e. The second-order valence-corrected chi connectivity index (χ2v) is 2.25. The van der Waals surface area contributed by atoms with Gasteiger partial charge in [-0.25, -0.2) is 10.8 Å². The van der Waals surface area contributed by atoms with Gasteiger partial charge in [-0.2, -0.15) is 0 Å². The van der Waals surface area contributed by atoms with Crippen molar-refractivity contribution in [2.24, 2.45) is 5.84 Å². The summed E-state index contributed by atoms with van der Waals surface area (Å²) in [6.45, 7) is 0. The average molecular weight is 174 g/mol. The number of ether oxygens (including phenoxy) is 1. The first kappa shape index (κ1) is 8.10. The molecule has 1 heterocycles. The molecule has 60 valence electrons. The highest BCUT2D eigenvalue weighted by molar-refractivity contribution is 6.29. The molecule has 0 spiro atoms. The number of nitrogens with one attached hydrogen (secondary N) is 1. The molecule has 0 atom stereocenters. The van der Waals surface area contributed by atoms with Gasteiger partial charge in [0.15, 0.2) is 0 Å². The van der Waals surface area contributed by atoms with E-state index in [1.165, 1.54) is 0 Å². The molecule has 0 radical (unpaired) electrons. The van der Waals surface area contributed by atoms with Crippen molar-refractivity contribution in [3.63, 3.8) is 0 Å². The number of hydrogen-bond donors (Lipinski definition) is 2. The molecule has 4 nitrogen and oxygen atoms in total. The normalized spacial score (nSPS) is 9.36. The number of nitrogens with zero attached hydrogens (tertiary/aromatic N) is 1. The Balaban J connectivity index is 3.02.